The number of amides is 1. The molecule has 6 heteroatoms. The molecule has 0 atom stereocenters. The molecule has 1 aromatic rings. The first-order chi connectivity index (χ1) is 8.72. The van der Waals surface area contributed by atoms with E-state index in [-0.39, 0.29) is 5.91 Å². The number of morpholine rings is 1. The Morgan fingerprint density at radius 2 is 2.17 bits per heavy atom. The van der Waals surface area contributed by atoms with Gasteiger partial charge in [0.15, 0.2) is 5.82 Å². The summed E-state index contributed by atoms with van der Waals surface area (Å²) >= 11 is 0. The number of hydrogen-bond acceptors (Lipinski definition) is 5. The van der Waals surface area contributed by atoms with Crippen LogP contribution in [-0.4, -0.2) is 49.0 Å². The van der Waals surface area contributed by atoms with Crippen molar-refractivity contribution in [3.05, 3.63) is 17.3 Å². The number of rotatable bonds is 3. The van der Waals surface area contributed by atoms with Crippen molar-refractivity contribution in [2.45, 2.75) is 13.8 Å². The minimum atomic E-state index is -0.100. The Bertz CT molecular complexity index is 430. The highest BCUT2D eigenvalue weighted by molar-refractivity contribution is 5.98. The van der Waals surface area contributed by atoms with Gasteiger partial charge in [0.05, 0.1) is 24.5 Å². The van der Waals surface area contributed by atoms with Crippen molar-refractivity contribution >= 4 is 11.7 Å². The van der Waals surface area contributed by atoms with Crippen molar-refractivity contribution in [1.29, 1.82) is 0 Å². The van der Waals surface area contributed by atoms with Crippen LogP contribution in [-0.2, 0) is 4.74 Å². The lowest BCUT2D eigenvalue weighted by molar-refractivity contribution is 0.0953. The molecule has 1 aliphatic heterocycles. The van der Waals surface area contributed by atoms with E-state index in [0.717, 1.165) is 18.8 Å². The fourth-order valence-electron chi connectivity index (χ4n) is 1.91. The number of aryl methyl sites for hydroxylation is 1. The number of carbonyl (C=O) groups is 1. The third-order valence-electron chi connectivity index (χ3n) is 2.79. The van der Waals surface area contributed by atoms with Crippen molar-refractivity contribution in [2.24, 2.45) is 0 Å². The van der Waals surface area contributed by atoms with Crippen molar-refractivity contribution in [1.82, 2.24) is 15.5 Å². The lowest BCUT2D eigenvalue weighted by Crippen LogP contribution is -2.38. The fourth-order valence-corrected chi connectivity index (χ4v) is 1.91. The van der Waals surface area contributed by atoms with Crippen LogP contribution in [0.25, 0.3) is 0 Å². The summed E-state index contributed by atoms with van der Waals surface area (Å²) in [6, 6.07) is 1.78. The molecule has 0 bridgehead atoms. The number of nitrogens with zero attached hydrogens (tertiary/aromatic N) is 3. The summed E-state index contributed by atoms with van der Waals surface area (Å²) in [5.74, 6) is 0.548. The third kappa shape index (κ3) is 2.76. The summed E-state index contributed by atoms with van der Waals surface area (Å²) in [4.78, 5) is 14.1. The van der Waals surface area contributed by atoms with Gasteiger partial charge in [-0.15, -0.1) is 5.10 Å². The molecule has 18 heavy (non-hydrogen) atoms. The second kappa shape index (κ2) is 5.77. The molecule has 1 aliphatic rings. The lowest BCUT2D eigenvalue weighted by atomic mass is 10.2. The summed E-state index contributed by atoms with van der Waals surface area (Å²) in [6.45, 7) is 7.12. The summed E-state index contributed by atoms with van der Waals surface area (Å²) in [7, 11) is 0. The van der Waals surface area contributed by atoms with Gasteiger partial charge < -0.3 is 15.0 Å². The molecule has 1 amide bonds. The van der Waals surface area contributed by atoms with Gasteiger partial charge in [0.2, 0.25) is 0 Å². The zero-order chi connectivity index (χ0) is 13.0. The van der Waals surface area contributed by atoms with Gasteiger partial charge in [-0.3, -0.25) is 4.79 Å². The number of aromatic nitrogens is 2. The zero-order valence-corrected chi connectivity index (χ0v) is 10.8. The van der Waals surface area contributed by atoms with Crippen LogP contribution in [0.15, 0.2) is 6.07 Å². The van der Waals surface area contributed by atoms with E-state index in [9.17, 15) is 4.79 Å². The summed E-state index contributed by atoms with van der Waals surface area (Å²) in [5.41, 5.74) is 1.33. The molecule has 0 unspecified atom stereocenters. The number of nitrogens with one attached hydrogen (secondary N) is 1. The van der Waals surface area contributed by atoms with Gasteiger partial charge in [-0.05, 0) is 19.9 Å². The van der Waals surface area contributed by atoms with Gasteiger partial charge >= 0.3 is 0 Å². The standard InChI is InChI=1S/C12H18N4O2/c1-3-13-12(17)10-8-9(2)14-15-11(10)16-4-6-18-7-5-16/h8H,3-7H2,1-2H3,(H,13,17). The molecular weight excluding hydrogens is 232 g/mol. The van der Waals surface area contributed by atoms with Crippen LogP contribution in [0.4, 0.5) is 5.82 Å². The molecule has 0 spiro atoms. The van der Waals surface area contributed by atoms with Gasteiger partial charge in [0, 0.05) is 19.6 Å². The average Bonchev–Trinajstić information content (AvgIpc) is 2.40. The number of anilines is 1. The Kier molecular flexibility index (Phi) is 4.09. The largest absolute Gasteiger partial charge is 0.378 e. The van der Waals surface area contributed by atoms with Gasteiger partial charge in [0.25, 0.3) is 5.91 Å². The van der Waals surface area contributed by atoms with Crippen molar-refractivity contribution in [3.8, 4) is 0 Å². The molecule has 1 fully saturated rings. The molecule has 98 valence electrons. The maximum absolute atomic E-state index is 12.0. The molecule has 0 saturated carbocycles. The highest BCUT2D eigenvalue weighted by atomic mass is 16.5. The molecule has 0 radical (unpaired) electrons. The van der Waals surface area contributed by atoms with E-state index in [1.807, 2.05) is 18.7 Å². The number of ether oxygens (including phenoxy) is 1. The third-order valence-corrected chi connectivity index (χ3v) is 2.79. The van der Waals surface area contributed by atoms with Crippen LogP contribution in [0.2, 0.25) is 0 Å². The van der Waals surface area contributed by atoms with Crippen LogP contribution >= 0.6 is 0 Å². The van der Waals surface area contributed by atoms with Crippen molar-refractivity contribution in [3.63, 3.8) is 0 Å². The molecule has 6 nitrogen and oxygen atoms in total. The molecule has 1 aromatic heterocycles. The highest BCUT2D eigenvalue weighted by Crippen LogP contribution is 2.18. The van der Waals surface area contributed by atoms with E-state index in [1.165, 1.54) is 0 Å². The van der Waals surface area contributed by atoms with Gasteiger partial charge in [-0.25, -0.2) is 0 Å². The Labute approximate surface area is 106 Å². The molecule has 2 heterocycles. The normalized spacial score (nSPS) is 15.6. The van der Waals surface area contributed by atoms with E-state index in [2.05, 4.69) is 15.5 Å². The van der Waals surface area contributed by atoms with Gasteiger partial charge in [-0.2, -0.15) is 5.10 Å². The molecule has 2 rings (SSSR count). The van der Waals surface area contributed by atoms with Crippen LogP contribution in [0.1, 0.15) is 23.0 Å². The lowest BCUT2D eigenvalue weighted by Gasteiger charge is -2.28. The highest BCUT2D eigenvalue weighted by Gasteiger charge is 2.20. The Balaban J connectivity index is 2.30. The maximum atomic E-state index is 12.0. The van der Waals surface area contributed by atoms with Crippen LogP contribution in [0.5, 0.6) is 0 Å². The number of hydrogen-bond donors (Lipinski definition) is 1. The SMILES string of the molecule is CCNC(=O)c1cc(C)nnc1N1CCOCC1. The Morgan fingerprint density at radius 1 is 1.44 bits per heavy atom. The van der Waals surface area contributed by atoms with Gasteiger partial charge in [0.1, 0.15) is 0 Å². The van der Waals surface area contributed by atoms with Crippen LogP contribution < -0.4 is 10.2 Å². The molecule has 1 saturated heterocycles. The van der Waals surface area contributed by atoms with E-state index < -0.39 is 0 Å². The van der Waals surface area contributed by atoms with E-state index in [4.69, 9.17) is 4.74 Å². The van der Waals surface area contributed by atoms with Crippen molar-refractivity contribution < 1.29 is 9.53 Å². The predicted octanol–water partition coefficient (Wildman–Crippen LogP) is 0.371. The Morgan fingerprint density at radius 3 is 2.83 bits per heavy atom. The first-order valence-electron chi connectivity index (χ1n) is 6.17. The quantitative estimate of drug-likeness (QED) is 0.839. The van der Waals surface area contributed by atoms with E-state index in [1.54, 1.807) is 6.07 Å². The monoisotopic (exact) mass is 250 g/mol. The van der Waals surface area contributed by atoms with E-state index >= 15 is 0 Å². The Hall–Kier alpha value is -1.69. The molecule has 0 aliphatic carbocycles. The molecule has 0 aromatic carbocycles. The summed E-state index contributed by atoms with van der Waals surface area (Å²) in [5, 5.41) is 11.0. The smallest absolute Gasteiger partial charge is 0.255 e. The van der Waals surface area contributed by atoms with Crippen molar-refractivity contribution in [2.75, 3.05) is 37.7 Å². The second-order valence-corrected chi connectivity index (χ2v) is 4.18. The first kappa shape index (κ1) is 12.8. The minimum Gasteiger partial charge on any atom is -0.378 e. The molecular formula is C12H18N4O2. The zero-order valence-electron chi connectivity index (χ0n) is 10.8. The first-order valence-corrected chi connectivity index (χ1v) is 6.17. The van der Waals surface area contributed by atoms with Crippen LogP contribution in [0, 0.1) is 6.92 Å². The molecule has 1 N–H and O–H groups in total. The minimum absolute atomic E-state index is 0.100. The summed E-state index contributed by atoms with van der Waals surface area (Å²) < 4.78 is 5.30. The average molecular weight is 250 g/mol. The number of carbonyl (C=O) groups excluding carboxylic acids is 1. The van der Waals surface area contributed by atoms with Gasteiger partial charge in [-0.1, -0.05) is 0 Å². The van der Waals surface area contributed by atoms with E-state index in [0.29, 0.717) is 31.1 Å². The predicted molar refractivity (Wildman–Crippen MR) is 67.8 cm³/mol. The topological polar surface area (TPSA) is 67.4 Å². The van der Waals surface area contributed by atoms with Crippen LogP contribution in [0.3, 0.4) is 0 Å². The summed E-state index contributed by atoms with van der Waals surface area (Å²) in [6.07, 6.45) is 0. The second-order valence-electron chi connectivity index (χ2n) is 4.18. The maximum Gasteiger partial charge on any atom is 0.255 e. The fraction of sp³-hybridized carbons (Fsp3) is 0.583.